The molecule has 1 fully saturated rings. The van der Waals surface area contributed by atoms with E-state index in [9.17, 15) is 19.2 Å². The van der Waals surface area contributed by atoms with Crippen molar-refractivity contribution < 1.29 is 28.1 Å². The maximum absolute atomic E-state index is 12.4. The van der Waals surface area contributed by atoms with Crippen LogP contribution in [-0.2, 0) is 28.1 Å². The zero-order valence-corrected chi connectivity index (χ0v) is 23.2. The van der Waals surface area contributed by atoms with E-state index in [1.165, 1.54) is 17.7 Å². The third-order valence-electron chi connectivity index (χ3n) is 5.61. The van der Waals surface area contributed by atoms with E-state index < -0.39 is 44.2 Å². The molecule has 1 aromatic rings. The number of carbonyl (C=O) groups is 2. The number of ketones is 1. The lowest BCUT2D eigenvalue weighted by molar-refractivity contribution is -0.153. The highest BCUT2D eigenvalue weighted by Crippen LogP contribution is 2.47. The van der Waals surface area contributed by atoms with Crippen molar-refractivity contribution in [2.45, 2.75) is 97.7 Å². The summed E-state index contributed by atoms with van der Waals surface area (Å²) >= 11 is 0. The lowest BCUT2D eigenvalue weighted by Crippen LogP contribution is -2.36. The number of aryl methyl sites for hydroxylation is 1. The number of rotatable bonds is 14. The molecule has 0 bridgehead atoms. The number of hydrogen-bond donors (Lipinski definition) is 1. The number of nitrogens with one attached hydrogen (secondary N) is 1. The minimum absolute atomic E-state index is 0.00750. The standard InChI is InChI=1S/C24H37N4O8P/c1-15(2)28(16(3)4)37(33-11-7-10-25)34-14-20-19(36-22(30)9-8-18(6)29)12-21(35-20)27-13-17(5)23(31)26-24(27)32/h13,15-16,19-21H,7-9,11-12,14H2,1-6H3,(H,26,31,32)/t19-,20-,21-,37?/m1/s1. The molecule has 0 spiro atoms. The first-order valence-corrected chi connectivity index (χ1v) is 13.4. The highest BCUT2D eigenvalue weighted by atomic mass is 31.2. The Bertz CT molecular complexity index is 1070. The predicted octanol–water partition coefficient (Wildman–Crippen LogP) is 2.71. The Kier molecular flexibility index (Phi) is 12.1. The number of nitrogens with zero attached hydrogens (tertiary/aromatic N) is 3. The Hall–Kier alpha value is -2.42. The fourth-order valence-electron chi connectivity index (χ4n) is 3.90. The van der Waals surface area contributed by atoms with Crippen LogP contribution in [0.1, 0.15) is 72.1 Å². The molecule has 37 heavy (non-hydrogen) atoms. The first kappa shape index (κ1) is 30.8. The molecule has 13 heteroatoms. The van der Waals surface area contributed by atoms with E-state index in [1.54, 1.807) is 6.92 Å². The number of ether oxygens (including phenoxy) is 2. The van der Waals surface area contributed by atoms with Crippen LogP contribution in [0.15, 0.2) is 15.8 Å². The van der Waals surface area contributed by atoms with Crippen LogP contribution in [-0.4, -0.2) is 63.5 Å². The summed E-state index contributed by atoms with van der Waals surface area (Å²) in [5.41, 5.74) is -0.803. The molecular weight excluding hydrogens is 503 g/mol. The summed E-state index contributed by atoms with van der Waals surface area (Å²) in [6, 6.07) is 2.23. The van der Waals surface area contributed by atoms with Crippen molar-refractivity contribution in [3.8, 4) is 6.07 Å². The van der Waals surface area contributed by atoms with Crippen LogP contribution in [0.5, 0.6) is 0 Å². The third kappa shape index (κ3) is 9.13. The summed E-state index contributed by atoms with van der Waals surface area (Å²) in [6.45, 7) is 11.2. The average Bonchev–Trinajstić information content (AvgIpc) is 3.20. The maximum Gasteiger partial charge on any atom is 0.330 e. The predicted molar refractivity (Wildman–Crippen MR) is 136 cm³/mol. The van der Waals surface area contributed by atoms with E-state index in [0.29, 0.717) is 5.56 Å². The maximum atomic E-state index is 12.4. The van der Waals surface area contributed by atoms with Gasteiger partial charge in [-0.15, -0.1) is 0 Å². The van der Waals surface area contributed by atoms with Gasteiger partial charge >= 0.3 is 11.7 Å². The molecule has 2 rings (SSSR count). The van der Waals surface area contributed by atoms with Crippen LogP contribution in [0.3, 0.4) is 0 Å². The molecule has 0 amide bonds. The molecule has 12 nitrogen and oxygen atoms in total. The smallest absolute Gasteiger partial charge is 0.330 e. The number of aromatic amines is 1. The summed E-state index contributed by atoms with van der Waals surface area (Å²) < 4.78 is 27.1. The van der Waals surface area contributed by atoms with Crippen molar-refractivity contribution in [1.82, 2.24) is 14.2 Å². The summed E-state index contributed by atoms with van der Waals surface area (Å²) in [6.07, 6.45) is -0.552. The first-order chi connectivity index (χ1) is 17.4. The van der Waals surface area contributed by atoms with Gasteiger partial charge in [0, 0.05) is 36.7 Å². The molecule has 0 aliphatic carbocycles. The van der Waals surface area contributed by atoms with Gasteiger partial charge < -0.3 is 23.3 Å². The lowest BCUT2D eigenvalue weighted by Gasteiger charge is -2.36. The van der Waals surface area contributed by atoms with Gasteiger partial charge in [-0.3, -0.25) is 19.1 Å². The van der Waals surface area contributed by atoms with Gasteiger partial charge in [0.25, 0.3) is 14.1 Å². The quantitative estimate of drug-likeness (QED) is 0.212. The molecule has 4 atom stereocenters. The topological polar surface area (TPSA) is 153 Å². The third-order valence-corrected chi connectivity index (χ3v) is 7.69. The molecule has 1 unspecified atom stereocenters. The molecule has 1 aliphatic heterocycles. The van der Waals surface area contributed by atoms with E-state index in [0.717, 1.165) is 0 Å². The van der Waals surface area contributed by atoms with Gasteiger partial charge in [0.2, 0.25) is 0 Å². The molecule has 1 saturated heterocycles. The number of nitriles is 1. The van der Waals surface area contributed by atoms with Gasteiger partial charge in [0.15, 0.2) is 0 Å². The van der Waals surface area contributed by atoms with Crippen molar-refractivity contribution in [2.75, 3.05) is 13.2 Å². The van der Waals surface area contributed by atoms with E-state index in [4.69, 9.17) is 23.8 Å². The monoisotopic (exact) mass is 540 g/mol. The molecule has 2 heterocycles. The van der Waals surface area contributed by atoms with E-state index >= 15 is 0 Å². The van der Waals surface area contributed by atoms with Gasteiger partial charge in [-0.05, 0) is 41.5 Å². The minimum Gasteiger partial charge on any atom is -0.459 e. The van der Waals surface area contributed by atoms with Crippen LogP contribution in [0.25, 0.3) is 0 Å². The number of aromatic nitrogens is 2. The van der Waals surface area contributed by atoms with Crippen LogP contribution in [0.2, 0.25) is 0 Å². The number of carbonyl (C=O) groups excluding carboxylic acids is 2. The van der Waals surface area contributed by atoms with Crippen molar-refractivity contribution in [2.24, 2.45) is 0 Å². The van der Waals surface area contributed by atoms with Crippen LogP contribution in [0, 0.1) is 18.3 Å². The largest absolute Gasteiger partial charge is 0.459 e. The molecule has 0 radical (unpaired) electrons. The van der Waals surface area contributed by atoms with Gasteiger partial charge in [0.05, 0.1) is 32.1 Å². The number of hydrogen-bond acceptors (Lipinski definition) is 10. The van der Waals surface area contributed by atoms with Crippen molar-refractivity contribution in [3.63, 3.8) is 0 Å². The van der Waals surface area contributed by atoms with Crippen LogP contribution in [0.4, 0.5) is 0 Å². The Balaban J connectivity index is 2.25. The van der Waals surface area contributed by atoms with E-state index in [-0.39, 0.29) is 56.8 Å². The molecule has 1 N–H and O–H groups in total. The van der Waals surface area contributed by atoms with Gasteiger partial charge in [-0.2, -0.15) is 5.26 Å². The highest BCUT2D eigenvalue weighted by molar-refractivity contribution is 7.44. The Morgan fingerprint density at radius 2 is 1.92 bits per heavy atom. The second-order valence-electron chi connectivity index (χ2n) is 9.42. The molecule has 1 aliphatic rings. The van der Waals surface area contributed by atoms with Gasteiger partial charge in [0.1, 0.15) is 24.2 Å². The number of H-pyrrole nitrogens is 1. The highest BCUT2D eigenvalue weighted by Gasteiger charge is 2.41. The fourth-order valence-corrected chi connectivity index (χ4v) is 5.52. The van der Waals surface area contributed by atoms with Crippen LogP contribution < -0.4 is 11.2 Å². The summed E-state index contributed by atoms with van der Waals surface area (Å²) in [5.74, 6) is -0.687. The molecule has 0 saturated carbocycles. The average molecular weight is 541 g/mol. The fraction of sp³-hybridized carbons (Fsp3) is 0.708. The molecule has 1 aromatic heterocycles. The minimum atomic E-state index is -1.57. The molecular formula is C24H37N4O8P. The van der Waals surface area contributed by atoms with Gasteiger partial charge in [-0.25, -0.2) is 9.46 Å². The SMILES string of the molecule is CC(=O)CCC(=O)O[C@@H]1C[C@H](n2cc(C)c(=O)[nH]c2=O)O[C@@H]1COP(OCCC#N)N(C(C)C)C(C)C. The summed E-state index contributed by atoms with van der Waals surface area (Å²) in [5, 5.41) is 8.91. The number of esters is 1. The Labute approximate surface area is 217 Å². The van der Waals surface area contributed by atoms with Crippen LogP contribution >= 0.6 is 8.53 Å². The van der Waals surface area contributed by atoms with Crippen molar-refractivity contribution in [3.05, 3.63) is 32.6 Å². The first-order valence-electron chi connectivity index (χ1n) is 12.3. The number of Topliss-reactive ketones (excluding diaryl/α,β-unsaturated/α-hetero) is 1. The second kappa shape index (κ2) is 14.5. The van der Waals surface area contributed by atoms with Gasteiger partial charge in [-0.1, -0.05) is 0 Å². The molecule has 206 valence electrons. The Morgan fingerprint density at radius 1 is 1.24 bits per heavy atom. The summed E-state index contributed by atoms with van der Waals surface area (Å²) in [7, 11) is -1.57. The van der Waals surface area contributed by atoms with E-state index in [2.05, 4.69) is 15.7 Å². The zero-order valence-electron chi connectivity index (χ0n) is 22.3. The Morgan fingerprint density at radius 3 is 2.51 bits per heavy atom. The van der Waals surface area contributed by atoms with Crippen molar-refractivity contribution in [1.29, 1.82) is 5.26 Å². The molecule has 0 aromatic carbocycles. The van der Waals surface area contributed by atoms with Crippen molar-refractivity contribution >= 4 is 20.3 Å². The zero-order chi connectivity index (χ0) is 27.7. The normalized spacial score (nSPS) is 20.4. The second-order valence-corrected chi connectivity index (χ2v) is 10.9. The lowest BCUT2D eigenvalue weighted by atomic mass is 10.1. The van der Waals surface area contributed by atoms with E-state index in [1.807, 2.05) is 27.7 Å². The summed E-state index contributed by atoms with van der Waals surface area (Å²) in [4.78, 5) is 50.2.